The largest absolute Gasteiger partial charge is 0.206 e. The minimum atomic E-state index is -0.396. The van der Waals surface area contributed by atoms with E-state index >= 15 is 0 Å². The number of nitrogens with zero attached hydrogens (tertiary/aromatic N) is 1. The molecule has 1 aliphatic carbocycles. The van der Waals surface area contributed by atoms with Gasteiger partial charge in [-0.15, -0.1) is 0 Å². The standard InChI is InChI=1S/C19H24FN/c1-2-3-4-15-5-7-16(8-6-15)9-10-17-11-12-18(14-21)19(20)13-17/h7,11-13,15H,2-6,8-10H2,1H3. The minimum absolute atomic E-state index is 0.134. The zero-order valence-corrected chi connectivity index (χ0v) is 12.9. The molecular weight excluding hydrogens is 261 g/mol. The van der Waals surface area contributed by atoms with Crippen LogP contribution in [0.15, 0.2) is 29.8 Å². The molecule has 1 nitrogen and oxygen atoms in total. The van der Waals surface area contributed by atoms with Gasteiger partial charge in [-0.25, -0.2) is 4.39 Å². The molecule has 0 fully saturated rings. The Labute approximate surface area is 127 Å². The molecule has 0 amide bonds. The van der Waals surface area contributed by atoms with Crippen molar-refractivity contribution in [3.63, 3.8) is 0 Å². The van der Waals surface area contributed by atoms with Gasteiger partial charge in [0, 0.05) is 0 Å². The molecule has 1 aliphatic rings. The van der Waals surface area contributed by atoms with E-state index in [0.717, 1.165) is 24.3 Å². The summed E-state index contributed by atoms with van der Waals surface area (Å²) in [6, 6.07) is 6.82. The smallest absolute Gasteiger partial charge is 0.141 e. The van der Waals surface area contributed by atoms with E-state index in [9.17, 15) is 4.39 Å². The maximum atomic E-state index is 13.5. The Kier molecular flexibility index (Phi) is 5.99. The monoisotopic (exact) mass is 285 g/mol. The lowest BCUT2D eigenvalue weighted by Crippen LogP contribution is -2.06. The van der Waals surface area contributed by atoms with Gasteiger partial charge in [-0.1, -0.05) is 43.9 Å². The number of halogens is 1. The van der Waals surface area contributed by atoms with Crippen molar-refractivity contribution in [3.8, 4) is 6.07 Å². The molecule has 0 spiro atoms. The highest BCUT2D eigenvalue weighted by molar-refractivity contribution is 5.33. The van der Waals surface area contributed by atoms with Crippen LogP contribution in [0, 0.1) is 23.1 Å². The van der Waals surface area contributed by atoms with E-state index in [0.29, 0.717) is 0 Å². The SMILES string of the molecule is CCCCC1CC=C(CCc2ccc(C#N)c(F)c2)CC1. The minimum Gasteiger partial charge on any atom is -0.206 e. The Morgan fingerprint density at radius 1 is 1.33 bits per heavy atom. The van der Waals surface area contributed by atoms with Crippen LogP contribution in [0.4, 0.5) is 4.39 Å². The third-order valence-corrected chi connectivity index (χ3v) is 4.47. The fraction of sp³-hybridized carbons (Fsp3) is 0.526. The molecule has 0 N–H and O–H groups in total. The van der Waals surface area contributed by atoms with E-state index in [-0.39, 0.29) is 5.56 Å². The first kappa shape index (κ1) is 15.8. The number of aryl methyl sites for hydroxylation is 1. The summed E-state index contributed by atoms with van der Waals surface area (Å²) in [6.07, 6.45) is 12.0. The van der Waals surface area contributed by atoms with Crippen LogP contribution in [0.1, 0.15) is 63.0 Å². The molecule has 0 heterocycles. The molecule has 1 atom stereocenters. The summed E-state index contributed by atoms with van der Waals surface area (Å²) in [7, 11) is 0. The van der Waals surface area contributed by atoms with E-state index in [1.165, 1.54) is 50.2 Å². The van der Waals surface area contributed by atoms with Gasteiger partial charge < -0.3 is 0 Å². The van der Waals surface area contributed by atoms with Gasteiger partial charge in [-0.05, 0) is 55.7 Å². The van der Waals surface area contributed by atoms with Gasteiger partial charge in [0.1, 0.15) is 11.9 Å². The first-order valence-corrected chi connectivity index (χ1v) is 8.09. The van der Waals surface area contributed by atoms with Crippen LogP contribution in [-0.4, -0.2) is 0 Å². The fourth-order valence-corrected chi connectivity index (χ4v) is 3.03. The average molecular weight is 285 g/mol. The third-order valence-electron chi connectivity index (χ3n) is 4.47. The van der Waals surface area contributed by atoms with Crippen LogP contribution < -0.4 is 0 Å². The van der Waals surface area contributed by atoms with E-state index in [4.69, 9.17) is 5.26 Å². The van der Waals surface area contributed by atoms with Gasteiger partial charge in [0.25, 0.3) is 0 Å². The summed E-state index contributed by atoms with van der Waals surface area (Å²) in [5.74, 6) is 0.480. The lowest BCUT2D eigenvalue weighted by atomic mass is 9.84. The van der Waals surface area contributed by atoms with E-state index < -0.39 is 5.82 Å². The van der Waals surface area contributed by atoms with Gasteiger partial charge in [-0.2, -0.15) is 5.26 Å². The normalized spacial score (nSPS) is 18.1. The van der Waals surface area contributed by atoms with Crippen molar-refractivity contribution in [2.24, 2.45) is 5.92 Å². The molecule has 0 saturated heterocycles. The molecule has 1 aromatic rings. The first-order chi connectivity index (χ1) is 10.2. The summed E-state index contributed by atoms with van der Waals surface area (Å²) in [5.41, 5.74) is 2.64. The lowest BCUT2D eigenvalue weighted by Gasteiger charge is -2.21. The lowest BCUT2D eigenvalue weighted by molar-refractivity contribution is 0.418. The number of unbranched alkanes of at least 4 members (excludes halogenated alkanes) is 1. The highest BCUT2D eigenvalue weighted by atomic mass is 19.1. The number of benzene rings is 1. The van der Waals surface area contributed by atoms with Gasteiger partial charge in [0.2, 0.25) is 0 Å². The zero-order valence-electron chi connectivity index (χ0n) is 12.9. The van der Waals surface area contributed by atoms with E-state index in [1.807, 2.05) is 12.1 Å². The quantitative estimate of drug-likeness (QED) is 0.629. The first-order valence-electron chi connectivity index (χ1n) is 8.09. The second-order valence-corrected chi connectivity index (χ2v) is 6.07. The van der Waals surface area contributed by atoms with E-state index in [1.54, 1.807) is 6.07 Å². The van der Waals surface area contributed by atoms with E-state index in [2.05, 4.69) is 13.0 Å². The van der Waals surface area contributed by atoms with Crippen molar-refractivity contribution in [1.82, 2.24) is 0 Å². The fourth-order valence-electron chi connectivity index (χ4n) is 3.03. The summed E-state index contributed by atoms with van der Waals surface area (Å²) >= 11 is 0. The van der Waals surface area contributed by atoms with Crippen LogP contribution in [0.25, 0.3) is 0 Å². The van der Waals surface area contributed by atoms with Gasteiger partial charge in [-0.3, -0.25) is 0 Å². The van der Waals surface area contributed by atoms with Gasteiger partial charge in [0.05, 0.1) is 5.56 Å². The Morgan fingerprint density at radius 2 is 2.19 bits per heavy atom. The Morgan fingerprint density at radius 3 is 2.81 bits per heavy atom. The Balaban J connectivity index is 1.83. The van der Waals surface area contributed by atoms with Crippen molar-refractivity contribution in [1.29, 1.82) is 5.26 Å². The second kappa shape index (κ2) is 7.98. The predicted molar refractivity (Wildman–Crippen MR) is 84.4 cm³/mol. The van der Waals surface area contributed by atoms with Crippen LogP contribution in [0.3, 0.4) is 0 Å². The topological polar surface area (TPSA) is 23.8 Å². The number of allylic oxidation sites excluding steroid dienone is 2. The van der Waals surface area contributed by atoms with Crippen LogP contribution in [0.2, 0.25) is 0 Å². The zero-order chi connectivity index (χ0) is 15.1. The maximum absolute atomic E-state index is 13.5. The van der Waals surface area contributed by atoms with Crippen molar-refractivity contribution < 1.29 is 4.39 Å². The third kappa shape index (κ3) is 4.70. The molecule has 21 heavy (non-hydrogen) atoms. The number of nitriles is 1. The Hall–Kier alpha value is -1.62. The van der Waals surface area contributed by atoms with Crippen molar-refractivity contribution in [2.45, 2.75) is 58.3 Å². The van der Waals surface area contributed by atoms with Crippen molar-refractivity contribution >= 4 is 0 Å². The number of hydrogen-bond donors (Lipinski definition) is 0. The van der Waals surface area contributed by atoms with Gasteiger partial charge in [0.15, 0.2) is 0 Å². The predicted octanol–water partition coefficient (Wildman–Crippen LogP) is 5.55. The highest BCUT2D eigenvalue weighted by Gasteiger charge is 2.14. The molecule has 1 aromatic carbocycles. The Bertz CT molecular complexity index is 539. The molecule has 1 unspecified atom stereocenters. The summed E-state index contributed by atoms with van der Waals surface area (Å²) in [4.78, 5) is 0. The number of hydrogen-bond acceptors (Lipinski definition) is 1. The molecule has 0 saturated carbocycles. The number of rotatable bonds is 6. The van der Waals surface area contributed by atoms with Gasteiger partial charge >= 0.3 is 0 Å². The summed E-state index contributed by atoms with van der Waals surface area (Å²) in [6.45, 7) is 2.25. The molecule has 0 radical (unpaired) electrons. The molecule has 112 valence electrons. The van der Waals surface area contributed by atoms with Crippen LogP contribution >= 0.6 is 0 Å². The molecule has 2 rings (SSSR count). The second-order valence-electron chi connectivity index (χ2n) is 6.07. The van der Waals surface area contributed by atoms with Crippen LogP contribution in [-0.2, 0) is 6.42 Å². The van der Waals surface area contributed by atoms with Crippen molar-refractivity contribution in [3.05, 3.63) is 46.8 Å². The summed E-state index contributed by atoms with van der Waals surface area (Å²) < 4.78 is 13.5. The molecule has 0 aliphatic heterocycles. The average Bonchev–Trinajstić information content (AvgIpc) is 2.52. The molecular formula is C19H24FN. The molecule has 0 aromatic heterocycles. The maximum Gasteiger partial charge on any atom is 0.141 e. The highest BCUT2D eigenvalue weighted by Crippen LogP contribution is 2.29. The molecule has 0 bridgehead atoms. The van der Waals surface area contributed by atoms with Crippen molar-refractivity contribution in [2.75, 3.05) is 0 Å². The molecule has 2 heteroatoms. The van der Waals surface area contributed by atoms with Crippen LogP contribution in [0.5, 0.6) is 0 Å². The summed E-state index contributed by atoms with van der Waals surface area (Å²) in [5, 5.41) is 8.73.